The molecule has 0 radical (unpaired) electrons. The van der Waals surface area contributed by atoms with Crippen molar-refractivity contribution in [2.24, 2.45) is 0 Å². The van der Waals surface area contributed by atoms with Crippen LogP contribution in [0.1, 0.15) is 12.8 Å². The Hall–Kier alpha value is -2.01. The third-order valence-electron chi connectivity index (χ3n) is 4.39. The SMILES string of the molecule is CN(C)C1CCN(c2cc3c(O)cccc3c(=O)[nH]2)CC1. The van der Waals surface area contributed by atoms with Gasteiger partial charge in [-0.3, -0.25) is 4.79 Å². The van der Waals surface area contributed by atoms with Crippen LogP contribution in [0.2, 0.25) is 0 Å². The second-order valence-electron chi connectivity index (χ2n) is 5.90. The molecule has 1 aliphatic rings. The van der Waals surface area contributed by atoms with Gasteiger partial charge in [-0.2, -0.15) is 0 Å². The molecule has 1 aromatic heterocycles. The molecule has 112 valence electrons. The van der Waals surface area contributed by atoms with Gasteiger partial charge in [-0.15, -0.1) is 0 Å². The predicted molar refractivity (Wildman–Crippen MR) is 85.2 cm³/mol. The number of benzene rings is 1. The number of phenols is 1. The summed E-state index contributed by atoms with van der Waals surface area (Å²) in [6, 6.07) is 7.51. The van der Waals surface area contributed by atoms with Crippen molar-refractivity contribution < 1.29 is 5.11 Å². The van der Waals surface area contributed by atoms with E-state index in [-0.39, 0.29) is 11.3 Å². The molecule has 2 N–H and O–H groups in total. The molecule has 5 nitrogen and oxygen atoms in total. The van der Waals surface area contributed by atoms with Gasteiger partial charge in [-0.1, -0.05) is 6.07 Å². The van der Waals surface area contributed by atoms with E-state index < -0.39 is 0 Å². The van der Waals surface area contributed by atoms with Crippen LogP contribution in [0.15, 0.2) is 29.1 Å². The van der Waals surface area contributed by atoms with E-state index in [1.54, 1.807) is 18.2 Å². The molecule has 1 fully saturated rings. The first kappa shape index (κ1) is 13.9. The lowest BCUT2D eigenvalue weighted by Crippen LogP contribution is -2.42. The summed E-state index contributed by atoms with van der Waals surface area (Å²) >= 11 is 0. The Morgan fingerprint density at radius 3 is 2.62 bits per heavy atom. The molecule has 0 spiro atoms. The minimum absolute atomic E-state index is 0.145. The highest BCUT2D eigenvalue weighted by Crippen LogP contribution is 2.26. The molecule has 2 aromatic rings. The van der Waals surface area contributed by atoms with E-state index in [9.17, 15) is 9.90 Å². The molecule has 21 heavy (non-hydrogen) atoms. The Morgan fingerprint density at radius 2 is 1.95 bits per heavy atom. The molecule has 1 aliphatic heterocycles. The number of hydrogen-bond acceptors (Lipinski definition) is 4. The van der Waals surface area contributed by atoms with Crippen molar-refractivity contribution in [2.75, 3.05) is 32.1 Å². The fourth-order valence-electron chi connectivity index (χ4n) is 3.05. The number of aromatic hydroxyl groups is 1. The molecule has 0 saturated carbocycles. The van der Waals surface area contributed by atoms with Gasteiger partial charge in [-0.05, 0) is 45.1 Å². The van der Waals surface area contributed by atoms with Crippen molar-refractivity contribution in [3.8, 4) is 5.75 Å². The maximum atomic E-state index is 12.2. The first-order valence-electron chi connectivity index (χ1n) is 7.32. The van der Waals surface area contributed by atoms with Crippen molar-refractivity contribution in [2.45, 2.75) is 18.9 Å². The Bertz CT molecular complexity index is 700. The number of H-pyrrole nitrogens is 1. The zero-order valence-electron chi connectivity index (χ0n) is 12.5. The summed E-state index contributed by atoms with van der Waals surface area (Å²) in [5.74, 6) is 0.953. The number of nitrogens with one attached hydrogen (secondary N) is 1. The number of pyridine rings is 1. The van der Waals surface area contributed by atoms with Gasteiger partial charge in [0.1, 0.15) is 11.6 Å². The number of aromatic amines is 1. The number of fused-ring (bicyclic) bond motifs is 1. The highest BCUT2D eigenvalue weighted by Gasteiger charge is 2.21. The summed E-state index contributed by atoms with van der Waals surface area (Å²) in [5, 5.41) is 11.1. The normalized spacial score (nSPS) is 16.8. The van der Waals surface area contributed by atoms with Gasteiger partial charge < -0.3 is 19.9 Å². The highest BCUT2D eigenvalue weighted by atomic mass is 16.3. The fourth-order valence-corrected chi connectivity index (χ4v) is 3.05. The van der Waals surface area contributed by atoms with Gasteiger partial charge in [-0.25, -0.2) is 0 Å². The standard InChI is InChI=1S/C16H21N3O2/c1-18(2)11-6-8-19(9-7-11)15-10-13-12(16(21)17-15)4-3-5-14(13)20/h3-5,10-11,20H,6-9H2,1-2H3,(H,17,21). The smallest absolute Gasteiger partial charge is 0.257 e. The van der Waals surface area contributed by atoms with Gasteiger partial charge in [0.2, 0.25) is 0 Å². The van der Waals surface area contributed by atoms with Crippen LogP contribution in [0, 0.1) is 0 Å². The number of anilines is 1. The van der Waals surface area contributed by atoms with E-state index in [1.165, 1.54) is 0 Å². The van der Waals surface area contributed by atoms with E-state index in [1.807, 2.05) is 6.07 Å². The van der Waals surface area contributed by atoms with Crippen molar-refractivity contribution in [3.63, 3.8) is 0 Å². The second-order valence-corrected chi connectivity index (χ2v) is 5.90. The van der Waals surface area contributed by atoms with Crippen molar-refractivity contribution in [1.82, 2.24) is 9.88 Å². The Labute approximate surface area is 123 Å². The zero-order chi connectivity index (χ0) is 15.0. The summed E-state index contributed by atoms with van der Waals surface area (Å²) < 4.78 is 0. The molecule has 0 amide bonds. The molecule has 0 bridgehead atoms. The molecule has 3 rings (SSSR count). The van der Waals surface area contributed by atoms with Gasteiger partial charge >= 0.3 is 0 Å². The van der Waals surface area contributed by atoms with Crippen LogP contribution >= 0.6 is 0 Å². The van der Waals surface area contributed by atoms with Crippen molar-refractivity contribution >= 4 is 16.6 Å². The van der Waals surface area contributed by atoms with E-state index in [2.05, 4.69) is 28.9 Å². The van der Waals surface area contributed by atoms with Gasteiger partial charge in [0.15, 0.2) is 0 Å². The van der Waals surface area contributed by atoms with Crippen LogP contribution in [-0.4, -0.2) is 48.2 Å². The molecule has 2 heterocycles. The lowest BCUT2D eigenvalue weighted by molar-refractivity contribution is 0.249. The Morgan fingerprint density at radius 1 is 1.24 bits per heavy atom. The van der Waals surface area contributed by atoms with Crippen LogP contribution in [0.4, 0.5) is 5.82 Å². The number of nitrogens with zero attached hydrogens (tertiary/aromatic N) is 2. The first-order valence-corrected chi connectivity index (χ1v) is 7.32. The Balaban J connectivity index is 1.92. The third kappa shape index (κ3) is 2.61. The summed E-state index contributed by atoms with van der Waals surface area (Å²) in [5.41, 5.74) is -0.145. The largest absolute Gasteiger partial charge is 0.507 e. The zero-order valence-corrected chi connectivity index (χ0v) is 12.5. The average Bonchev–Trinajstić information content (AvgIpc) is 2.48. The fraction of sp³-hybridized carbons (Fsp3) is 0.438. The average molecular weight is 287 g/mol. The number of rotatable bonds is 2. The summed E-state index contributed by atoms with van der Waals surface area (Å²) in [4.78, 5) is 19.5. The maximum absolute atomic E-state index is 12.2. The molecule has 0 atom stereocenters. The molecule has 0 aliphatic carbocycles. The lowest BCUT2D eigenvalue weighted by Gasteiger charge is -2.36. The van der Waals surface area contributed by atoms with Crippen LogP contribution in [0.25, 0.3) is 10.8 Å². The monoisotopic (exact) mass is 287 g/mol. The van der Waals surface area contributed by atoms with E-state index in [0.717, 1.165) is 31.7 Å². The minimum atomic E-state index is -0.145. The molecule has 1 saturated heterocycles. The quantitative estimate of drug-likeness (QED) is 0.883. The summed E-state index contributed by atoms with van der Waals surface area (Å²) in [7, 11) is 4.21. The van der Waals surface area contributed by atoms with Crippen molar-refractivity contribution in [1.29, 1.82) is 0 Å². The maximum Gasteiger partial charge on any atom is 0.257 e. The van der Waals surface area contributed by atoms with Crippen LogP contribution in [0.3, 0.4) is 0 Å². The number of hydrogen-bond donors (Lipinski definition) is 2. The molecule has 0 unspecified atom stereocenters. The summed E-state index contributed by atoms with van der Waals surface area (Å²) in [6.45, 7) is 1.83. The number of aromatic nitrogens is 1. The minimum Gasteiger partial charge on any atom is -0.507 e. The highest BCUT2D eigenvalue weighted by molar-refractivity contribution is 5.89. The van der Waals surface area contributed by atoms with Crippen LogP contribution < -0.4 is 10.5 Å². The molecule has 5 heteroatoms. The number of phenolic OH excluding ortho intramolecular Hbond substituents is 1. The van der Waals surface area contributed by atoms with Crippen LogP contribution in [0.5, 0.6) is 5.75 Å². The van der Waals surface area contributed by atoms with E-state index in [0.29, 0.717) is 16.8 Å². The second kappa shape index (κ2) is 5.41. The van der Waals surface area contributed by atoms with Gasteiger partial charge in [0.25, 0.3) is 5.56 Å². The summed E-state index contributed by atoms with van der Waals surface area (Å²) in [6.07, 6.45) is 2.15. The van der Waals surface area contributed by atoms with E-state index in [4.69, 9.17) is 0 Å². The molecular formula is C16H21N3O2. The molecule has 1 aromatic carbocycles. The predicted octanol–water partition coefficient (Wildman–Crippen LogP) is 1.76. The Kier molecular flexibility index (Phi) is 3.59. The first-order chi connectivity index (χ1) is 10.1. The topological polar surface area (TPSA) is 59.6 Å². The van der Waals surface area contributed by atoms with Gasteiger partial charge in [0.05, 0.1) is 5.39 Å². The molecular weight excluding hydrogens is 266 g/mol. The van der Waals surface area contributed by atoms with E-state index >= 15 is 0 Å². The lowest BCUT2D eigenvalue weighted by atomic mass is 10.0. The number of piperidine rings is 1. The van der Waals surface area contributed by atoms with Crippen molar-refractivity contribution in [3.05, 3.63) is 34.6 Å². The van der Waals surface area contributed by atoms with Crippen LogP contribution in [-0.2, 0) is 0 Å². The third-order valence-corrected chi connectivity index (χ3v) is 4.39. The van der Waals surface area contributed by atoms with Gasteiger partial charge in [0, 0.05) is 24.5 Å².